The van der Waals surface area contributed by atoms with Crippen LogP contribution in [0.25, 0.3) is 0 Å². The first-order valence-electron chi connectivity index (χ1n) is 8.90. The number of carbonyl (C=O) groups is 1. The third-order valence-corrected chi connectivity index (χ3v) is 6.56. The van der Waals surface area contributed by atoms with Gasteiger partial charge in [-0.15, -0.1) is 0 Å². The molecule has 1 aliphatic heterocycles. The van der Waals surface area contributed by atoms with Crippen LogP contribution in [0.2, 0.25) is 0 Å². The van der Waals surface area contributed by atoms with Gasteiger partial charge in [-0.3, -0.25) is 4.79 Å². The summed E-state index contributed by atoms with van der Waals surface area (Å²) in [5.74, 6) is 0.0860. The predicted molar refractivity (Wildman–Crippen MR) is 101 cm³/mol. The summed E-state index contributed by atoms with van der Waals surface area (Å²) >= 11 is 0. The lowest BCUT2D eigenvalue weighted by Gasteiger charge is -2.21. The standard InChI is InChI=1S/C20H24N2O3S/c1-15(20(23)22-18-12-13-26(24,25)14-18)21-19(16-8-4-2-5-9-16)17-10-6-3-7-11-17/h2-11,15,18-19,21H,12-14H2,1H3,(H,22,23)/p+1/t15-,18+/m1/s1. The van der Waals surface area contributed by atoms with Gasteiger partial charge >= 0.3 is 0 Å². The molecule has 0 aliphatic carbocycles. The van der Waals surface area contributed by atoms with Crippen molar-refractivity contribution < 1.29 is 18.5 Å². The van der Waals surface area contributed by atoms with Crippen LogP contribution in [0.4, 0.5) is 0 Å². The highest BCUT2D eigenvalue weighted by atomic mass is 32.2. The van der Waals surface area contributed by atoms with Gasteiger partial charge < -0.3 is 10.6 Å². The highest BCUT2D eigenvalue weighted by molar-refractivity contribution is 7.91. The van der Waals surface area contributed by atoms with Gasteiger partial charge in [-0.05, 0) is 13.3 Å². The molecule has 3 N–H and O–H groups in total. The van der Waals surface area contributed by atoms with E-state index in [-0.39, 0.29) is 35.5 Å². The van der Waals surface area contributed by atoms with Crippen molar-refractivity contribution in [3.8, 4) is 0 Å². The van der Waals surface area contributed by atoms with E-state index in [1.165, 1.54) is 0 Å². The van der Waals surface area contributed by atoms with Crippen molar-refractivity contribution in [2.24, 2.45) is 0 Å². The highest BCUT2D eigenvalue weighted by Crippen LogP contribution is 2.18. The van der Waals surface area contributed by atoms with Crippen molar-refractivity contribution in [1.29, 1.82) is 0 Å². The summed E-state index contributed by atoms with van der Waals surface area (Å²) in [7, 11) is -3.00. The van der Waals surface area contributed by atoms with Crippen molar-refractivity contribution in [2.75, 3.05) is 11.5 Å². The molecule has 138 valence electrons. The number of carbonyl (C=O) groups excluding carboxylic acids is 1. The van der Waals surface area contributed by atoms with Gasteiger partial charge in [0.05, 0.1) is 11.5 Å². The molecule has 1 amide bonds. The number of amides is 1. The van der Waals surface area contributed by atoms with Crippen LogP contribution in [0.3, 0.4) is 0 Å². The van der Waals surface area contributed by atoms with Crippen LogP contribution in [-0.4, -0.2) is 37.9 Å². The summed E-state index contributed by atoms with van der Waals surface area (Å²) in [5, 5.41) is 4.92. The van der Waals surface area contributed by atoms with Crippen molar-refractivity contribution in [3.63, 3.8) is 0 Å². The van der Waals surface area contributed by atoms with Crippen molar-refractivity contribution in [1.82, 2.24) is 5.32 Å². The molecule has 1 fully saturated rings. The van der Waals surface area contributed by atoms with Crippen LogP contribution in [0.15, 0.2) is 60.7 Å². The zero-order chi connectivity index (χ0) is 18.6. The van der Waals surface area contributed by atoms with Gasteiger partial charge in [-0.25, -0.2) is 8.42 Å². The fourth-order valence-electron chi connectivity index (χ4n) is 3.35. The van der Waals surface area contributed by atoms with Gasteiger partial charge in [-0.2, -0.15) is 0 Å². The molecule has 2 aromatic carbocycles. The molecule has 3 rings (SSSR count). The fourth-order valence-corrected chi connectivity index (χ4v) is 5.03. The van der Waals surface area contributed by atoms with Crippen LogP contribution < -0.4 is 10.6 Å². The van der Waals surface area contributed by atoms with Crippen molar-refractivity contribution >= 4 is 15.7 Å². The molecular formula is C20H25N2O3S+. The second-order valence-electron chi connectivity index (χ2n) is 6.89. The predicted octanol–water partition coefficient (Wildman–Crippen LogP) is 1.03. The third kappa shape index (κ3) is 4.71. The number of quaternary nitrogens is 1. The maximum Gasteiger partial charge on any atom is 0.278 e. The van der Waals surface area contributed by atoms with Gasteiger partial charge in [-0.1, -0.05) is 60.7 Å². The van der Waals surface area contributed by atoms with Gasteiger partial charge in [0.25, 0.3) is 5.91 Å². The molecule has 26 heavy (non-hydrogen) atoms. The van der Waals surface area contributed by atoms with E-state index >= 15 is 0 Å². The van der Waals surface area contributed by atoms with Crippen molar-refractivity contribution in [3.05, 3.63) is 71.8 Å². The summed E-state index contributed by atoms with van der Waals surface area (Å²) in [4.78, 5) is 12.6. The molecule has 0 spiro atoms. The maximum atomic E-state index is 12.6. The van der Waals surface area contributed by atoms with Crippen LogP contribution in [-0.2, 0) is 14.6 Å². The summed E-state index contributed by atoms with van der Waals surface area (Å²) in [6, 6.07) is 19.6. The Morgan fingerprint density at radius 1 is 1.04 bits per heavy atom. The van der Waals surface area contributed by atoms with Crippen LogP contribution in [0.1, 0.15) is 30.5 Å². The Balaban J connectivity index is 1.71. The molecule has 5 nitrogen and oxygen atoms in total. The van der Waals surface area contributed by atoms with Gasteiger partial charge in [0.15, 0.2) is 15.9 Å². The van der Waals surface area contributed by atoms with E-state index < -0.39 is 9.84 Å². The van der Waals surface area contributed by atoms with Crippen LogP contribution >= 0.6 is 0 Å². The Labute approximate surface area is 154 Å². The molecule has 0 aromatic heterocycles. The quantitative estimate of drug-likeness (QED) is 0.794. The molecule has 0 unspecified atom stereocenters. The second-order valence-corrected chi connectivity index (χ2v) is 9.12. The van der Waals surface area contributed by atoms with E-state index in [1.54, 1.807) is 0 Å². The lowest BCUT2D eigenvalue weighted by molar-refractivity contribution is -0.704. The van der Waals surface area contributed by atoms with Crippen molar-refractivity contribution in [2.45, 2.75) is 31.5 Å². The molecule has 6 heteroatoms. The van der Waals surface area contributed by atoms with Crippen LogP contribution in [0, 0.1) is 0 Å². The topological polar surface area (TPSA) is 79.8 Å². The monoisotopic (exact) mass is 373 g/mol. The first-order chi connectivity index (χ1) is 12.4. The number of nitrogens with one attached hydrogen (secondary N) is 1. The average Bonchev–Trinajstić information content (AvgIpc) is 2.99. The van der Waals surface area contributed by atoms with E-state index in [0.29, 0.717) is 6.42 Å². The van der Waals surface area contributed by atoms with Gasteiger partial charge in [0.2, 0.25) is 0 Å². The second kappa shape index (κ2) is 8.01. The molecular weight excluding hydrogens is 348 g/mol. The summed E-state index contributed by atoms with van der Waals surface area (Å²) in [5.41, 5.74) is 2.25. The minimum atomic E-state index is -3.00. The molecule has 2 aromatic rings. The Morgan fingerprint density at radius 2 is 1.58 bits per heavy atom. The van der Waals surface area contributed by atoms with Gasteiger partial charge in [0, 0.05) is 17.2 Å². The molecule has 1 saturated heterocycles. The first kappa shape index (κ1) is 18.6. The average molecular weight is 373 g/mol. The van der Waals surface area contributed by atoms with Gasteiger partial charge in [0.1, 0.15) is 6.04 Å². The molecule has 0 saturated carbocycles. The molecule has 2 atom stereocenters. The Hall–Kier alpha value is -2.18. The third-order valence-electron chi connectivity index (χ3n) is 4.79. The largest absolute Gasteiger partial charge is 0.347 e. The number of hydrogen-bond donors (Lipinski definition) is 2. The molecule has 1 aliphatic rings. The minimum Gasteiger partial charge on any atom is -0.347 e. The molecule has 1 heterocycles. The minimum absolute atomic E-state index is 0.00506. The van der Waals surface area contributed by atoms with Crippen LogP contribution in [0.5, 0.6) is 0 Å². The number of nitrogens with two attached hydrogens (primary N) is 1. The number of hydrogen-bond acceptors (Lipinski definition) is 3. The van der Waals surface area contributed by atoms with E-state index in [0.717, 1.165) is 11.1 Å². The Morgan fingerprint density at radius 3 is 2.04 bits per heavy atom. The Bertz CT molecular complexity index is 798. The lowest BCUT2D eigenvalue weighted by Crippen LogP contribution is -2.93. The normalized spacial score (nSPS) is 20.0. The number of sulfone groups is 1. The summed E-state index contributed by atoms with van der Waals surface area (Å²) in [6.07, 6.45) is 0.502. The molecule has 0 radical (unpaired) electrons. The highest BCUT2D eigenvalue weighted by Gasteiger charge is 2.31. The zero-order valence-electron chi connectivity index (χ0n) is 14.8. The zero-order valence-corrected chi connectivity index (χ0v) is 15.7. The molecule has 0 bridgehead atoms. The summed E-state index contributed by atoms with van der Waals surface area (Å²) < 4.78 is 23.2. The number of benzene rings is 2. The Kier molecular flexibility index (Phi) is 5.74. The van der Waals surface area contributed by atoms with E-state index in [1.807, 2.05) is 48.6 Å². The fraction of sp³-hybridized carbons (Fsp3) is 0.350. The smallest absolute Gasteiger partial charge is 0.278 e. The summed E-state index contributed by atoms with van der Waals surface area (Å²) in [6.45, 7) is 1.86. The van der Waals surface area contributed by atoms with E-state index in [9.17, 15) is 13.2 Å². The maximum absolute atomic E-state index is 12.6. The lowest BCUT2D eigenvalue weighted by atomic mass is 9.98. The first-order valence-corrected chi connectivity index (χ1v) is 10.7. The number of rotatable bonds is 6. The van der Waals surface area contributed by atoms with E-state index in [4.69, 9.17) is 0 Å². The SMILES string of the molecule is C[C@@H]([NH2+]C(c1ccccc1)c1ccccc1)C(=O)N[C@H]1CCS(=O)(=O)C1. The van der Waals surface area contributed by atoms with E-state index in [2.05, 4.69) is 29.6 Å².